The van der Waals surface area contributed by atoms with Gasteiger partial charge in [-0.3, -0.25) is 0 Å². The van der Waals surface area contributed by atoms with E-state index in [0.29, 0.717) is 5.92 Å². The molecule has 3 rings (SSSR count). The van der Waals surface area contributed by atoms with E-state index in [4.69, 9.17) is 5.73 Å². The predicted molar refractivity (Wildman–Crippen MR) is 75.4 cm³/mol. The molecule has 0 spiro atoms. The van der Waals surface area contributed by atoms with Crippen molar-refractivity contribution in [1.29, 1.82) is 0 Å². The third-order valence-corrected chi connectivity index (χ3v) is 4.20. The van der Waals surface area contributed by atoms with Crippen LogP contribution in [0.4, 0.5) is 4.39 Å². The van der Waals surface area contributed by atoms with E-state index in [1.165, 1.54) is 17.2 Å². The number of rotatable bonds is 2. The number of benzene rings is 2. The first kappa shape index (κ1) is 12.4. The van der Waals surface area contributed by atoms with E-state index in [1.807, 2.05) is 19.1 Å². The van der Waals surface area contributed by atoms with E-state index in [1.54, 1.807) is 6.07 Å². The summed E-state index contributed by atoms with van der Waals surface area (Å²) in [5.41, 5.74) is 11.1. The molecule has 2 N–H and O–H groups in total. The van der Waals surface area contributed by atoms with Crippen molar-refractivity contribution in [2.45, 2.75) is 25.8 Å². The molecule has 0 radical (unpaired) electrons. The molecular formula is C17H18FN. The van der Waals surface area contributed by atoms with E-state index in [2.05, 4.69) is 18.2 Å². The standard InChI is InChI=1S/C17H18FN/c1-11-6-7-15(18)10-13(11)9-14-8-12-4-2-3-5-16(12)17(14)19/h2-7,10,14,17H,8-9,19H2,1H3. The molecule has 0 heterocycles. The average molecular weight is 255 g/mol. The second-order valence-corrected chi connectivity index (χ2v) is 5.46. The van der Waals surface area contributed by atoms with Gasteiger partial charge < -0.3 is 5.73 Å². The quantitative estimate of drug-likeness (QED) is 0.872. The Labute approximate surface area is 113 Å². The fraction of sp³-hybridized carbons (Fsp3) is 0.294. The second-order valence-electron chi connectivity index (χ2n) is 5.46. The van der Waals surface area contributed by atoms with Gasteiger partial charge in [0.1, 0.15) is 5.82 Å². The largest absolute Gasteiger partial charge is 0.324 e. The van der Waals surface area contributed by atoms with Gasteiger partial charge in [-0.25, -0.2) is 4.39 Å². The van der Waals surface area contributed by atoms with Crippen LogP contribution in [0.25, 0.3) is 0 Å². The van der Waals surface area contributed by atoms with Crippen LogP contribution < -0.4 is 5.73 Å². The molecule has 2 atom stereocenters. The molecule has 0 bridgehead atoms. The Hall–Kier alpha value is -1.67. The summed E-state index contributed by atoms with van der Waals surface area (Å²) in [5.74, 6) is 0.211. The minimum Gasteiger partial charge on any atom is -0.324 e. The molecule has 0 aromatic heterocycles. The minimum absolute atomic E-state index is 0.0684. The smallest absolute Gasteiger partial charge is 0.123 e. The van der Waals surface area contributed by atoms with Crippen LogP contribution in [0, 0.1) is 18.7 Å². The lowest BCUT2D eigenvalue weighted by Crippen LogP contribution is -2.19. The van der Waals surface area contributed by atoms with Crippen molar-refractivity contribution in [3.05, 3.63) is 70.5 Å². The third-order valence-electron chi connectivity index (χ3n) is 4.20. The zero-order valence-electron chi connectivity index (χ0n) is 11.1. The molecule has 1 aliphatic carbocycles. The molecule has 0 saturated heterocycles. The van der Waals surface area contributed by atoms with Gasteiger partial charge >= 0.3 is 0 Å². The Balaban J connectivity index is 1.85. The van der Waals surface area contributed by atoms with Crippen LogP contribution in [0.3, 0.4) is 0 Å². The summed E-state index contributed by atoms with van der Waals surface area (Å²) in [5, 5.41) is 0. The number of halogens is 1. The summed E-state index contributed by atoms with van der Waals surface area (Å²) < 4.78 is 13.3. The van der Waals surface area contributed by atoms with E-state index in [-0.39, 0.29) is 11.9 Å². The molecular weight excluding hydrogens is 237 g/mol. The lowest BCUT2D eigenvalue weighted by atomic mass is 9.91. The Bertz CT molecular complexity index is 606. The van der Waals surface area contributed by atoms with Gasteiger partial charge in [0.15, 0.2) is 0 Å². The fourth-order valence-electron chi connectivity index (χ4n) is 3.05. The van der Waals surface area contributed by atoms with Gasteiger partial charge in [0.25, 0.3) is 0 Å². The first-order valence-electron chi connectivity index (χ1n) is 6.73. The maximum absolute atomic E-state index is 13.3. The summed E-state index contributed by atoms with van der Waals surface area (Å²) in [6.45, 7) is 2.03. The highest BCUT2D eigenvalue weighted by Gasteiger charge is 2.29. The molecule has 0 fully saturated rings. The van der Waals surface area contributed by atoms with Crippen molar-refractivity contribution in [3.63, 3.8) is 0 Å². The highest BCUT2D eigenvalue weighted by atomic mass is 19.1. The molecule has 0 saturated carbocycles. The topological polar surface area (TPSA) is 26.0 Å². The van der Waals surface area contributed by atoms with E-state index < -0.39 is 0 Å². The molecule has 2 unspecified atom stereocenters. The van der Waals surface area contributed by atoms with Crippen molar-refractivity contribution in [1.82, 2.24) is 0 Å². The lowest BCUT2D eigenvalue weighted by Gasteiger charge is -2.17. The van der Waals surface area contributed by atoms with Gasteiger partial charge in [0, 0.05) is 6.04 Å². The van der Waals surface area contributed by atoms with Crippen molar-refractivity contribution in [2.24, 2.45) is 11.7 Å². The second kappa shape index (κ2) is 4.78. The first-order valence-corrected chi connectivity index (χ1v) is 6.73. The molecule has 2 aromatic rings. The number of nitrogens with two attached hydrogens (primary N) is 1. The van der Waals surface area contributed by atoms with E-state index in [0.717, 1.165) is 24.0 Å². The molecule has 19 heavy (non-hydrogen) atoms. The first-order chi connectivity index (χ1) is 9.15. The number of aryl methyl sites for hydroxylation is 1. The monoisotopic (exact) mass is 255 g/mol. The van der Waals surface area contributed by atoms with Gasteiger partial charge in [-0.15, -0.1) is 0 Å². The number of hydrogen-bond donors (Lipinski definition) is 1. The highest BCUT2D eigenvalue weighted by molar-refractivity contribution is 5.37. The van der Waals surface area contributed by atoms with Gasteiger partial charge in [0.05, 0.1) is 0 Å². The summed E-state index contributed by atoms with van der Waals surface area (Å²) >= 11 is 0. The lowest BCUT2D eigenvalue weighted by molar-refractivity contribution is 0.463. The Kier molecular flexibility index (Phi) is 3.11. The average Bonchev–Trinajstić information content (AvgIpc) is 2.72. The summed E-state index contributed by atoms with van der Waals surface area (Å²) in [6.07, 6.45) is 1.84. The molecule has 98 valence electrons. The van der Waals surface area contributed by atoms with Crippen LogP contribution in [0.1, 0.15) is 28.3 Å². The van der Waals surface area contributed by atoms with Crippen LogP contribution in [-0.2, 0) is 12.8 Å². The Morgan fingerprint density at radius 1 is 1.21 bits per heavy atom. The molecule has 0 aliphatic heterocycles. The molecule has 1 aliphatic rings. The van der Waals surface area contributed by atoms with Gasteiger partial charge in [-0.05, 0) is 60.1 Å². The minimum atomic E-state index is -0.162. The van der Waals surface area contributed by atoms with E-state index in [9.17, 15) is 4.39 Å². The molecule has 0 amide bonds. The van der Waals surface area contributed by atoms with Crippen molar-refractivity contribution in [3.8, 4) is 0 Å². The van der Waals surface area contributed by atoms with Gasteiger partial charge in [0.2, 0.25) is 0 Å². The predicted octanol–water partition coefficient (Wildman–Crippen LogP) is 3.55. The Morgan fingerprint density at radius 2 is 2.00 bits per heavy atom. The van der Waals surface area contributed by atoms with Crippen LogP contribution >= 0.6 is 0 Å². The number of fused-ring (bicyclic) bond motifs is 1. The number of hydrogen-bond acceptors (Lipinski definition) is 1. The van der Waals surface area contributed by atoms with Crippen molar-refractivity contribution < 1.29 is 4.39 Å². The maximum atomic E-state index is 13.3. The fourth-order valence-corrected chi connectivity index (χ4v) is 3.05. The van der Waals surface area contributed by atoms with Gasteiger partial charge in [-0.2, -0.15) is 0 Å². The van der Waals surface area contributed by atoms with E-state index >= 15 is 0 Å². The van der Waals surface area contributed by atoms with Crippen LogP contribution in [-0.4, -0.2) is 0 Å². The Morgan fingerprint density at radius 3 is 2.79 bits per heavy atom. The third kappa shape index (κ3) is 2.28. The summed E-state index contributed by atoms with van der Waals surface area (Å²) in [6, 6.07) is 13.4. The van der Waals surface area contributed by atoms with Crippen LogP contribution in [0.15, 0.2) is 42.5 Å². The van der Waals surface area contributed by atoms with Crippen LogP contribution in [0.2, 0.25) is 0 Å². The molecule has 2 heteroatoms. The zero-order valence-corrected chi connectivity index (χ0v) is 11.1. The zero-order chi connectivity index (χ0) is 13.4. The van der Waals surface area contributed by atoms with Crippen molar-refractivity contribution >= 4 is 0 Å². The maximum Gasteiger partial charge on any atom is 0.123 e. The SMILES string of the molecule is Cc1ccc(F)cc1CC1Cc2ccccc2C1N. The van der Waals surface area contributed by atoms with Crippen molar-refractivity contribution in [2.75, 3.05) is 0 Å². The molecule has 1 nitrogen and oxygen atoms in total. The summed E-state index contributed by atoms with van der Waals surface area (Å²) in [7, 11) is 0. The molecule has 2 aromatic carbocycles. The highest BCUT2D eigenvalue weighted by Crippen LogP contribution is 2.36. The van der Waals surface area contributed by atoms with Crippen LogP contribution in [0.5, 0.6) is 0 Å². The normalized spacial score (nSPS) is 21.4. The summed E-state index contributed by atoms with van der Waals surface area (Å²) in [4.78, 5) is 0. The van der Waals surface area contributed by atoms with Gasteiger partial charge in [-0.1, -0.05) is 30.3 Å².